The molecule has 3 aromatic rings. The third-order valence-electron chi connectivity index (χ3n) is 5.77. The number of piperidine rings is 1. The van der Waals surface area contributed by atoms with Crippen LogP contribution in [0.3, 0.4) is 0 Å². The Morgan fingerprint density at radius 2 is 1.93 bits per heavy atom. The molecule has 0 aliphatic carbocycles. The Hall–Kier alpha value is -2.83. The minimum atomic E-state index is 0.190. The Morgan fingerprint density at radius 3 is 2.59 bits per heavy atom. The number of fused-ring (bicyclic) bond motifs is 1. The molecule has 1 aliphatic rings. The van der Waals surface area contributed by atoms with Gasteiger partial charge in [0.25, 0.3) is 0 Å². The van der Waals surface area contributed by atoms with Crippen LogP contribution in [0.25, 0.3) is 10.9 Å². The monoisotopic (exact) mass is 366 g/mol. The molecule has 0 atom stereocenters. The van der Waals surface area contributed by atoms with Gasteiger partial charge in [0.15, 0.2) is 0 Å². The maximum absolute atomic E-state index is 13.0. The first kappa shape index (κ1) is 17.6. The summed E-state index contributed by atoms with van der Waals surface area (Å²) in [5, 5.41) is 8.01. The number of anilines is 1. The van der Waals surface area contributed by atoms with E-state index in [2.05, 4.69) is 53.1 Å². The summed E-state index contributed by atoms with van der Waals surface area (Å²) in [7, 11) is 0. The van der Waals surface area contributed by atoms with E-state index in [-0.39, 0.29) is 11.9 Å². The lowest BCUT2D eigenvalue weighted by molar-refractivity contribution is -0.131. The molecule has 3 heterocycles. The van der Waals surface area contributed by atoms with Gasteiger partial charge in [-0.05, 0) is 50.3 Å². The van der Waals surface area contributed by atoms with Crippen molar-refractivity contribution in [2.45, 2.75) is 46.0 Å². The molecule has 1 aromatic carbocycles. The van der Waals surface area contributed by atoms with Crippen LogP contribution >= 0.6 is 0 Å². The molecule has 7 nitrogen and oxygen atoms in total. The van der Waals surface area contributed by atoms with Crippen molar-refractivity contribution < 1.29 is 4.79 Å². The third-order valence-corrected chi connectivity index (χ3v) is 5.77. The molecule has 2 aromatic heterocycles. The van der Waals surface area contributed by atoms with Crippen LogP contribution < -0.4 is 5.73 Å². The molecule has 142 valence electrons. The van der Waals surface area contributed by atoms with Gasteiger partial charge in [0.2, 0.25) is 11.9 Å². The Morgan fingerprint density at radius 1 is 1.22 bits per heavy atom. The van der Waals surface area contributed by atoms with Crippen molar-refractivity contribution in [1.82, 2.24) is 25.1 Å². The Bertz CT molecular complexity index is 993. The molecule has 4 rings (SSSR count). The third kappa shape index (κ3) is 3.18. The van der Waals surface area contributed by atoms with Crippen molar-refractivity contribution in [2.24, 2.45) is 0 Å². The summed E-state index contributed by atoms with van der Waals surface area (Å²) in [4.78, 5) is 22.6. The summed E-state index contributed by atoms with van der Waals surface area (Å²) in [6.45, 7) is 7.75. The lowest BCUT2D eigenvalue weighted by Crippen LogP contribution is -2.39. The molecule has 0 bridgehead atoms. The fourth-order valence-corrected chi connectivity index (χ4v) is 4.17. The summed E-state index contributed by atoms with van der Waals surface area (Å²) in [6, 6.07) is 4.26. The number of benzene rings is 1. The highest BCUT2D eigenvalue weighted by Gasteiger charge is 2.27. The van der Waals surface area contributed by atoms with Crippen LogP contribution in [0, 0.1) is 20.8 Å². The van der Waals surface area contributed by atoms with Gasteiger partial charge in [0, 0.05) is 35.6 Å². The molecule has 0 unspecified atom stereocenters. The molecular formula is C20H26N6O. The summed E-state index contributed by atoms with van der Waals surface area (Å²) in [5.41, 5.74) is 11.4. The molecule has 0 spiro atoms. The molecule has 1 fully saturated rings. The van der Waals surface area contributed by atoms with Crippen molar-refractivity contribution in [3.05, 3.63) is 40.3 Å². The quantitative estimate of drug-likeness (QED) is 0.663. The standard InChI is InChI=1S/C20H26N6O/c1-11-4-5-12(2)18-17(11)15(13(3)22-18)10-16(27)26-8-6-14(7-9-26)19-23-20(21)25-24-19/h4-5,14,22H,6-10H2,1-3H3,(H3,21,23,24,25). The summed E-state index contributed by atoms with van der Waals surface area (Å²) in [5.74, 6) is 1.59. The predicted octanol–water partition coefficient (Wildman–Crippen LogP) is 2.74. The lowest BCUT2D eigenvalue weighted by atomic mass is 9.95. The second kappa shape index (κ2) is 6.72. The van der Waals surface area contributed by atoms with E-state index in [1.54, 1.807) is 0 Å². The van der Waals surface area contributed by atoms with Crippen LogP contribution in [0.15, 0.2) is 12.1 Å². The van der Waals surface area contributed by atoms with E-state index in [1.807, 2.05) is 4.90 Å². The summed E-state index contributed by atoms with van der Waals surface area (Å²) >= 11 is 0. The van der Waals surface area contributed by atoms with Crippen LogP contribution in [0.1, 0.15) is 47.0 Å². The molecule has 1 saturated heterocycles. The van der Waals surface area contributed by atoms with E-state index in [0.717, 1.165) is 48.5 Å². The molecule has 1 amide bonds. The van der Waals surface area contributed by atoms with Crippen molar-refractivity contribution >= 4 is 22.8 Å². The zero-order chi connectivity index (χ0) is 19.1. The van der Waals surface area contributed by atoms with Crippen LogP contribution in [-0.4, -0.2) is 44.1 Å². The average molecular weight is 366 g/mol. The SMILES string of the molecule is Cc1[nH]c2c(C)ccc(C)c2c1CC(=O)N1CCC(c2nc(N)n[nH]2)CC1. The number of amides is 1. The fraction of sp³-hybridized carbons (Fsp3) is 0.450. The van der Waals surface area contributed by atoms with E-state index in [0.29, 0.717) is 12.3 Å². The number of hydrogen-bond acceptors (Lipinski definition) is 4. The Balaban J connectivity index is 1.48. The molecular weight excluding hydrogens is 340 g/mol. The van der Waals surface area contributed by atoms with Gasteiger partial charge in [0.05, 0.1) is 6.42 Å². The van der Waals surface area contributed by atoms with E-state index >= 15 is 0 Å². The van der Waals surface area contributed by atoms with Gasteiger partial charge in [-0.25, -0.2) is 0 Å². The number of carbonyl (C=O) groups is 1. The second-order valence-corrected chi connectivity index (χ2v) is 7.59. The number of nitrogen functional groups attached to an aromatic ring is 1. The van der Waals surface area contributed by atoms with E-state index < -0.39 is 0 Å². The maximum atomic E-state index is 13.0. The number of nitrogens with zero attached hydrogens (tertiary/aromatic N) is 3. The predicted molar refractivity (Wildman–Crippen MR) is 106 cm³/mol. The first-order valence-electron chi connectivity index (χ1n) is 9.47. The molecule has 4 N–H and O–H groups in total. The van der Waals surface area contributed by atoms with Gasteiger partial charge < -0.3 is 15.6 Å². The smallest absolute Gasteiger partial charge is 0.239 e. The Kier molecular flexibility index (Phi) is 4.37. The van der Waals surface area contributed by atoms with Gasteiger partial charge in [-0.2, -0.15) is 4.98 Å². The topological polar surface area (TPSA) is 104 Å². The first-order chi connectivity index (χ1) is 12.9. The first-order valence-corrected chi connectivity index (χ1v) is 9.47. The zero-order valence-electron chi connectivity index (χ0n) is 16.1. The largest absolute Gasteiger partial charge is 0.367 e. The lowest BCUT2D eigenvalue weighted by Gasteiger charge is -2.31. The van der Waals surface area contributed by atoms with Crippen molar-refractivity contribution in [3.63, 3.8) is 0 Å². The number of hydrogen-bond donors (Lipinski definition) is 3. The van der Waals surface area contributed by atoms with Crippen molar-refractivity contribution in [3.8, 4) is 0 Å². The average Bonchev–Trinajstić information content (AvgIpc) is 3.23. The van der Waals surface area contributed by atoms with E-state index in [1.165, 1.54) is 16.5 Å². The van der Waals surface area contributed by atoms with Crippen LogP contribution in [0.4, 0.5) is 5.95 Å². The highest BCUT2D eigenvalue weighted by Crippen LogP contribution is 2.30. The number of likely N-dealkylation sites (tertiary alicyclic amines) is 1. The summed E-state index contributed by atoms with van der Waals surface area (Å²) in [6.07, 6.45) is 2.20. The number of H-pyrrole nitrogens is 2. The number of aryl methyl sites for hydroxylation is 3. The van der Waals surface area contributed by atoms with Gasteiger partial charge in [0.1, 0.15) is 5.82 Å². The molecule has 27 heavy (non-hydrogen) atoms. The number of rotatable bonds is 3. The fourth-order valence-electron chi connectivity index (χ4n) is 4.17. The minimum Gasteiger partial charge on any atom is -0.367 e. The van der Waals surface area contributed by atoms with Gasteiger partial charge in [-0.3, -0.25) is 9.89 Å². The van der Waals surface area contributed by atoms with E-state index in [4.69, 9.17) is 5.73 Å². The van der Waals surface area contributed by atoms with Gasteiger partial charge >= 0.3 is 0 Å². The van der Waals surface area contributed by atoms with Crippen LogP contribution in [0.2, 0.25) is 0 Å². The van der Waals surface area contributed by atoms with Crippen molar-refractivity contribution in [1.29, 1.82) is 0 Å². The Labute approximate surface area is 158 Å². The minimum absolute atomic E-state index is 0.190. The summed E-state index contributed by atoms with van der Waals surface area (Å²) < 4.78 is 0. The highest BCUT2D eigenvalue weighted by molar-refractivity contribution is 5.93. The number of nitrogens with two attached hydrogens (primary N) is 1. The molecule has 0 saturated carbocycles. The second-order valence-electron chi connectivity index (χ2n) is 7.59. The van der Waals surface area contributed by atoms with Crippen LogP contribution in [-0.2, 0) is 11.2 Å². The number of nitrogens with one attached hydrogen (secondary N) is 2. The highest BCUT2D eigenvalue weighted by atomic mass is 16.2. The van der Waals surface area contributed by atoms with Gasteiger partial charge in [-0.1, -0.05) is 12.1 Å². The molecule has 1 aliphatic heterocycles. The normalized spacial score (nSPS) is 15.6. The zero-order valence-corrected chi connectivity index (χ0v) is 16.1. The maximum Gasteiger partial charge on any atom is 0.239 e. The number of carbonyl (C=O) groups excluding carboxylic acids is 1. The van der Waals surface area contributed by atoms with Gasteiger partial charge in [-0.15, -0.1) is 5.10 Å². The van der Waals surface area contributed by atoms with Crippen LogP contribution in [0.5, 0.6) is 0 Å². The number of aromatic nitrogens is 4. The van der Waals surface area contributed by atoms with Crippen molar-refractivity contribution in [2.75, 3.05) is 18.8 Å². The number of aromatic amines is 2. The molecule has 7 heteroatoms. The molecule has 0 radical (unpaired) electrons. The van der Waals surface area contributed by atoms with E-state index in [9.17, 15) is 4.79 Å².